The molecule has 1 heterocycles. The van der Waals surface area contributed by atoms with E-state index in [0.717, 1.165) is 27.6 Å². The zero-order valence-electron chi connectivity index (χ0n) is 13.6. The van der Waals surface area contributed by atoms with Gasteiger partial charge in [-0.25, -0.2) is 0 Å². The molecule has 2 N–H and O–H groups in total. The van der Waals surface area contributed by atoms with Crippen molar-refractivity contribution in [1.29, 1.82) is 0 Å². The van der Waals surface area contributed by atoms with E-state index in [4.69, 9.17) is 0 Å². The van der Waals surface area contributed by atoms with Crippen molar-refractivity contribution >= 4 is 22.9 Å². The number of carbonyl (C=O) groups excluding carboxylic acids is 1. The molecule has 1 aromatic heterocycles. The van der Waals surface area contributed by atoms with Crippen LogP contribution in [0.1, 0.15) is 16.7 Å². The Morgan fingerprint density at radius 2 is 1.83 bits per heavy atom. The summed E-state index contributed by atoms with van der Waals surface area (Å²) in [5, 5.41) is 13.3. The second-order valence-corrected chi connectivity index (χ2v) is 5.69. The number of aromatic nitrogens is 1. The number of hydrogen-bond acceptors (Lipinski definition) is 2. The number of nitrogens with one attached hydrogen (secondary N) is 1. The van der Waals surface area contributed by atoms with E-state index >= 15 is 0 Å². The smallest absolute Gasteiger partial charge is 0.244 e. The first-order chi connectivity index (χ1) is 11.7. The van der Waals surface area contributed by atoms with E-state index in [-0.39, 0.29) is 12.5 Å². The van der Waals surface area contributed by atoms with Gasteiger partial charge < -0.3 is 15.0 Å². The second-order valence-electron chi connectivity index (χ2n) is 5.69. The van der Waals surface area contributed by atoms with E-state index in [9.17, 15) is 9.90 Å². The average molecular weight is 320 g/mol. The lowest BCUT2D eigenvalue weighted by Gasteiger charge is -2.07. The molecule has 0 bridgehead atoms. The van der Waals surface area contributed by atoms with Gasteiger partial charge in [-0.1, -0.05) is 42.5 Å². The molecule has 2 aromatic carbocycles. The molecular formula is C20H20N2O2. The molecule has 0 saturated heterocycles. The molecule has 4 heteroatoms. The monoisotopic (exact) mass is 320 g/mol. The summed E-state index contributed by atoms with van der Waals surface area (Å²) >= 11 is 0. The molecular weight excluding hydrogens is 300 g/mol. The topological polar surface area (TPSA) is 54.3 Å². The van der Waals surface area contributed by atoms with E-state index in [2.05, 4.69) is 11.4 Å². The summed E-state index contributed by atoms with van der Waals surface area (Å²) in [6, 6.07) is 15.6. The number of benzene rings is 2. The van der Waals surface area contributed by atoms with Crippen LogP contribution < -0.4 is 5.32 Å². The van der Waals surface area contributed by atoms with E-state index < -0.39 is 0 Å². The number of para-hydroxylation sites is 1. The number of amides is 1. The van der Waals surface area contributed by atoms with Crippen LogP contribution >= 0.6 is 0 Å². The lowest BCUT2D eigenvalue weighted by molar-refractivity contribution is -0.116. The van der Waals surface area contributed by atoms with Gasteiger partial charge in [0.2, 0.25) is 5.91 Å². The molecule has 3 aromatic rings. The molecule has 0 radical (unpaired) electrons. The van der Waals surface area contributed by atoms with Crippen molar-refractivity contribution in [2.75, 3.05) is 0 Å². The van der Waals surface area contributed by atoms with Gasteiger partial charge in [-0.3, -0.25) is 4.79 Å². The summed E-state index contributed by atoms with van der Waals surface area (Å²) in [6.07, 6.45) is 5.38. The van der Waals surface area contributed by atoms with Crippen LogP contribution in [0.4, 0.5) is 0 Å². The third kappa shape index (κ3) is 3.39. The van der Waals surface area contributed by atoms with Gasteiger partial charge in [-0.2, -0.15) is 0 Å². The van der Waals surface area contributed by atoms with Gasteiger partial charge in [0.05, 0.1) is 6.61 Å². The number of nitrogens with zero attached hydrogens (tertiary/aromatic N) is 1. The SMILES string of the molecule is Cn1cc(/C=C/C(=O)NCc2ccccc2CO)c2ccccc21. The number of aliphatic hydroxyl groups excluding tert-OH is 1. The predicted octanol–water partition coefficient (Wildman–Crippen LogP) is 3.00. The van der Waals surface area contributed by atoms with E-state index in [0.29, 0.717) is 6.54 Å². The van der Waals surface area contributed by atoms with Crippen molar-refractivity contribution in [3.63, 3.8) is 0 Å². The highest BCUT2D eigenvalue weighted by Crippen LogP contribution is 2.21. The number of fused-ring (bicyclic) bond motifs is 1. The maximum atomic E-state index is 12.1. The molecule has 122 valence electrons. The standard InChI is InChI=1S/C20H20N2O2/c1-22-13-16(18-8-4-5-9-19(18)22)10-11-20(24)21-12-15-6-2-3-7-17(15)14-23/h2-11,13,23H,12,14H2,1H3,(H,21,24)/b11-10+. The average Bonchev–Trinajstić information content (AvgIpc) is 2.95. The maximum absolute atomic E-state index is 12.1. The Bertz CT molecular complexity index is 894. The minimum Gasteiger partial charge on any atom is -0.392 e. The summed E-state index contributed by atoms with van der Waals surface area (Å²) in [5.41, 5.74) is 3.90. The highest BCUT2D eigenvalue weighted by Gasteiger charge is 2.04. The maximum Gasteiger partial charge on any atom is 0.244 e. The van der Waals surface area contributed by atoms with Crippen LogP contribution in [0.3, 0.4) is 0 Å². The van der Waals surface area contributed by atoms with Crippen LogP contribution in [0.25, 0.3) is 17.0 Å². The zero-order valence-corrected chi connectivity index (χ0v) is 13.6. The fourth-order valence-electron chi connectivity index (χ4n) is 2.80. The third-order valence-corrected chi connectivity index (χ3v) is 4.08. The first kappa shape index (κ1) is 16.0. The summed E-state index contributed by atoms with van der Waals surface area (Å²) in [5.74, 6) is -0.157. The van der Waals surface area contributed by atoms with Gasteiger partial charge in [-0.05, 0) is 23.3 Å². The Morgan fingerprint density at radius 1 is 1.12 bits per heavy atom. The lowest BCUT2D eigenvalue weighted by Crippen LogP contribution is -2.21. The van der Waals surface area contributed by atoms with Gasteiger partial charge in [0.15, 0.2) is 0 Å². The molecule has 4 nitrogen and oxygen atoms in total. The number of hydrogen-bond donors (Lipinski definition) is 2. The highest BCUT2D eigenvalue weighted by molar-refractivity contribution is 5.96. The van der Waals surface area contributed by atoms with Crippen molar-refractivity contribution < 1.29 is 9.90 Å². The number of carbonyl (C=O) groups is 1. The van der Waals surface area contributed by atoms with E-state index in [1.165, 1.54) is 0 Å². The molecule has 3 rings (SSSR count). The Labute approximate surface area is 141 Å². The third-order valence-electron chi connectivity index (χ3n) is 4.08. The van der Waals surface area contributed by atoms with Gasteiger partial charge in [0, 0.05) is 42.3 Å². The van der Waals surface area contributed by atoms with Crippen LogP contribution in [0.15, 0.2) is 60.8 Å². The van der Waals surface area contributed by atoms with E-state index in [1.54, 1.807) is 6.08 Å². The zero-order chi connectivity index (χ0) is 16.9. The van der Waals surface area contributed by atoms with Crippen LogP contribution in [-0.2, 0) is 25.0 Å². The number of aryl methyl sites for hydroxylation is 1. The van der Waals surface area contributed by atoms with Crippen LogP contribution in [0.5, 0.6) is 0 Å². The second kappa shape index (κ2) is 7.15. The summed E-state index contributed by atoms with van der Waals surface area (Å²) in [6.45, 7) is 0.368. The molecule has 0 saturated carbocycles. The molecule has 0 aliphatic heterocycles. The molecule has 0 atom stereocenters. The first-order valence-electron chi connectivity index (χ1n) is 7.86. The van der Waals surface area contributed by atoms with Gasteiger partial charge in [0.1, 0.15) is 0 Å². The minimum atomic E-state index is -0.157. The van der Waals surface area contributed by atoms with Gasteiger partial charge in [0.25, 0.3) is 0 Å². The van der Waals surface area contributed by atoms with Crippen molar-refractivity contribution in [3.05, 3.63) is 77.5 Å². The van der Waals surface area contributed by atoms with Crippen molar-refractivity contribution in [2.24, 2.45) is 7.05 Å². The quantitative estimate of drug-likeness (QED) is 0.710. The van der Waals surface area contributed by atoms with Crippen LogP contribution in [0.2, 0.25) is 0 Å². The summed E-state index contributed by atoms with van der Waals surface area (Å²) in [4.78, 5) is 12.1. The fraction of sp³-hybridized carbons (Fsp3) is 0.150. The molecule has 0 aliphatic carbocycles. The molecule has 0 fully saturated rings. The first-order valence-corrected chi connectivity index (χ1v) is 7.86. The Hall–Kier alpha value is -2.85. The molecule has 0 aliphatic rings. The van der Waals surface area contributed by atoms with Crippen molar-refractivity contribution in [3.8, 4) is 0 Å². The predicted molar refractivity (Wildman–Crippen MR) is 96.2 cm³/mol. The molecule has 0 unspecified atom stereocenters. The normalized spacial score (nSPS) is 11.2. The largest absolute Gasteiger partial charge is 0.392 e. The van der Waals surface area contributed by atoms with Crippen molar-refractivity contribution in [1.82, 2.24) is 9.88 Å². The Kier molecular flexibility index (Phi) is 4.77. The van der Waals surface area contributed by atoms with E-state index in [1.807, 2.05) is 66.4 Å². The van der Waals surface area contributed by atoms with Gasteiger partial charge in [-0.15, -0.1) is 0 Å². The summed E-state index contributed by atoms with van der Waals surface area (Å²) in [7, 11) is 1.99. The van der Waals surface area contributed by atoms with Crippen molar-refractivity contribution in [2.45, 2.75) is 13.2 Å². The Balaban J connectivity index is 1.69. The fourth-order valence-corrected chi connectivity index (χ4v) is 2.80. The Morgan fingerprint density at radius 3 is 2.62 bits per heavy atom. The number of aliphatic hydroxyl groups is 1. The molecule has 0 spiro atoms. The lowest BCUT2D eigenvalue weighted by atomic mass is 10.1. The number of rotatable bonds is 5. The molecule has 1 amide bonds. The van der Waals surface area contributed by atoms with Gasteiger partial charge >= 0.3 is 0 Å². The van der Waals surface area contributed by atoms with Crippen LogP contribution in [0, 0.1) is 0 Å². The molecule has 24 heavy (non-hydrogen) atoms. The minimum absolute atomic E-state index is 0.0299. The van der Waals surface area contributed by atoms with Crippen LogP contribution in [-0.4, -0.2) is 15.6 Å². The highest BCUT2D eigenvalue weighted by atomic mass is 16.3. The summed E-state index contributed by atoms with van der Waals surface area (Å²) < 4.78 is 2.05.